The molecule has 2 aromatic heterocycles. The van der Waals surface area contributed by atoms with Gasteiger partial charge in [-0.15, -0.1) is 0 Å². The molecule has 0 spiro atoms. The minimum absolute atomic E-state index is 0.252. The normalized spacial score (nSPS) is 21.5. The number of halogens is 2. The lowest BCUT2D eigenvalue weighted by molar-refractivity contribution is -0.0230. The summed E-state index contributed by atoms with van der Waals surface area (Å²) in [6, 6.07) is 1.66. The molecule has 1 aliphatic carbocycles. The SMILES string of the molecule is Cc1nnccc1C(=O)N=CC1CCC(CCN2CCc3sc(OCC(C)(F)F)nc3C2)CC1. The van der Waals surface area contributed by atoms with Crippen molar-refractivity contribution in [2.75, 3.05) is 19.7 Å². The van der Waals surface area contributed by atoms with Crippen LogP contribution >= 0.6 is 11.3 Å². The highest BCUT2D eigenvalue weighted by atomic mass is 32.1. The fourth-order valence-corrected chi connectivity index (χ4v) is 5.44. The number of aromatic nitrogens is 3. The predicted molar refractivity (Wildman–Crippen MR) is 127 cm³/mol. The van der Waals surface area contributed by atoms with Crippen molar-refractivity contribution >= 4 is 23.5 Å². The molecule has 10 heteroatoms. The van der Waals surface area contributed by atoms with Crippen molar-refractivity contribution in [3.8, 4) is 5.19 Å². The van der Waals surface area contributed by atoms with Gasteiger partial charge in [0.1, 0.15) is 0 Å². The molecule has 2 aromatic rings. The number of carbonyl (C=O) groups is 1. The molecule has 34 heavy (non-hydrogen) atoms. The van der Waals surface area contributed by atoms with E-state index in [1.165, 1.54) is 17.5 Å². The molecule has 4 rings (SSSR count). The van der Waals surface area contributed by atoms with Gasteiger partial charge in [0.25, 0.3) is 17.0 Å². The summed E-state index contributed by atoms with van der Waals surface area (Å²) in [5, 5.41) is 8.03. The van der Waals surface area contributed by atoms with E-state index < -0.39 is 12.5 Å². The molecular formula is C24H31F2N5O2S. The van der Waals surface area contributed by atoms with Crippen molar-refractivity contribution in [3.05, 3.63) is 34.1 Å². The van der Waals surface area contributed by atoms with E-state index in [1.807, 2.05) is 6.21 Å². The van der Waals surface area contributed by atoms with Crippen LogP contribution in [0.5, 0.6) is 5.19 Å². The van der Waals surface area contributed by atoms with E-state index in [-0.39, 0.29) is 5.91 Å². The molecule has 1 fully saturated rings. The molecule has 3 heterocycles. The van der Waals surface area contributed by atoms with Gasteiger partial charge in [-0.3, -0.25) is 9.69 Å². The third-order valence-corrected chi connectivity index (χ3v) is 7.59. The molecule has 0 bridgehead atoms. The summed E-state index contributed by atoms with van der Waals surface area (Å²) in [5.41, 5.74) is 2.07. The maximum absolute atomic E-state index is 13.0. The van der Waals surface area contributed by atoms with Gasteiger partial charge in [0.05, 0.1) is 23.1 Å². The van der Waals surface area contributed by atoms with Crippen molar-refractivity contribution in [2.24, 2.45) is 16.8 Å². The molecular weight excluding hydrogens is 460 g/mol. The molecule has 0 N–H and O–H groups in total. The lowest BCUT2D eigenvalue weighted by Crippen LogP contribution is -2.32. The second-order valence-electron chi connectivity index (χ2n) is 9.42. The smallest absolute Gasteiger partial charge is 0.278 e. The molecule has 1 saturated carbocycles. The monoisotopic (exact) mass is 491 g/mol. The number of alkyl halides is 2. The van der Waals surface area contributed by atoms with Crippen molar-refractivity contribution in [2.45, 2.75) is 64.8 Å². The molecule has 0 atom stereocenters. The Kier molecular flexibility index (Phi) is 7.98. The van der Waals surface area contributed by atoms with Crippen molar-refractivity contribution in [3.63, 3.8) is 0 Å². The molecule has 0 radical (unpaired) electrons. The second-order valence-corrected chi connectivity index (χ2v) is 10.5. The average molecular weight is 492 g/mol. The van der Waals surface area contributed by atoms with Gasteiger partial charge < -0.3 is 4.74 Å². The Labute approximate surface area is 202 Å². The molecule has 2 aliphatic rings. The summed E-state index contributed by atoms with van der Waals surface area (Å²) >= 11 is 1.39. The topological polar surface area (TPSA) is 80.6 Å². The van der Waals surface area contributed by atoms with E-state index in [9.17, 15) is 13.6 Å². The highest BCUT2D eigenvalue weighted by Gasteiger charge is 2.26. The van der Waals surface area contributed by atoms with Crippen LogP contribution in [0.15, 0.2) is 17.3 Å². The number of carbonyl (C=O) groups excluding carboxylic acids is 1. The number of rotatable bonds is 8. The van der Waals surface area contributed by atoms with Gasteiger partial charge in [-0.25, -0.2) is 18.8 Å². The number of nitrogens with zero attached hydrogens (tertiary/aromatic N) is 5. The van der Waals surface area contributed by atoms with Crippen molar-refractivity contribution in [1.82, 2.24) is 20.1 Å². The van der Waals surface area contributed by atoms with Crippen LogP contribution in [0.2, 0.25) is 0 Å². The van der Waals surface area contributed by atoms with E-state index in [0.717, 1.165) is 75.7 Å². The summed E-state index contributed by atoms with van der Waals surface area (Å²) in [6.45, 7) is 4.71. The Morgan fingerprint density at radius 1 is 1.35 bits per heavy atom. The first kappa shape index (κ1) is 24.8. The van der Waals surface area contributed by atoms with Crippen LogP contribution in [0.1, 0.15) is 65.7 Å². The number of ether oxygens (including phenoxy) is 1. The average Bonchev–Trinajstić information content (AvgIpc) is 3.23. The number of hydrogen-bond acceptors (Lipinski definition) is 7. The molecule has 1 aliphatic heterocycles. The van der Waals surface area contributed by atoms with Gasteiger partial charge in [0, 0.05) is 31.1 Å². The van der Waals surface area contributed by atoms with Crippen LogP contribution in [0.25, 0.3) is 0 Å². The number of fused-ring (bicyclic) bond motifs is 1. The molecule has 184 valence electrons. The number of amides is 1. The first-order valence-corrected chi connectivity index (χ1v) is 12.7. The molecule has 7 nitrogen and oxygen atoms in total. The van der Waals surface area contributed by atoms with Crippen LogP contribution in [0, 0.1) is 18.8 Å². The fourth-order valence-electron chi connectivity index (χ4n) is 4.53. The van der Waals surface area contributed by atoms with Gasteiger partial charge in [0.15, 0.2) is 6.61 Å². The first-order valence-electron chi connectivity index (χ1n) is 11.8. The van der Waals surface area contributed by atoms with Crippen LogP contribution in [0.3, 0.4) is 0 Å². The number of thiazole rings is 1. The standard InChI is InChI=1S/C24H31F2N5O2S/c1-16-19(7-10-28-30-16)22(32)27-13-18-5-3-17(4-6-18)8-11-31-12-9-21-20(14-31)29-23(34-21)33-15-24(2,25)26/h7,10,13,17-18H,3-6,8-9,11-12,14-15H2,1-2H3. The third-order valence-electron chi connectivity index (χ3n) is 6.52. The Hall–Kier alpha value is -2.33. The Morgan fingerprint density at radius 3 is 2.88 bits per heavy atom. The second kappa shape index (κ2) is 10.9. The maximum atomic E-state index is 13.0. The quantitative estimate of drug-likeness (QED) is 0.496. The first-order chi connectivity index (χ1) is 16.3. The zero-order valence-corrected chi connectivity index (χ0v) is 20.5. The zero-order chi connectivity index (χ0) is 24.1. The van der Waals surface area contributed by atoms with E-state index in [4.69, 9.17) is 4.74 Å². The zero-order valence-electron chi connectivity index (χ0n) is 19.7. The van der Waals surface area contributed by atoms with Gasteiger partial charge >= 0.3 is 0 Å². The number of aliphatic imine (C=N–C) groups is 1. The van der Waals surface area contributed by atoms with E-state index in [1.54, 1.807) is 13.0 Å². The summed E-state index contributed by atoms with van der Waals surface area (Å²) in [7, 11) is 0. The van der Waals surface area contributed by atoms with Crippen molar-refractivity contribution in [1.29, 1.82) is 0 Å². The maximum Gasteiger partial charge on any atom is 0.278 e. The van der Waals surface area contributed by atoms with Gasteiger partial charge in [-0.1, -0.05) is 11.3 Å². The largest absolute Gasteiger partial charge is 0.464 e. The fraction of sp³-hybridized carbons (Fsp3) is 0.625. The summed E-state index contributed by atoms with van der Waals surface area (Å²) < 4.78 is 31.3. The molecule has 0 unspecified atom stereocenters. The van der Waals surface area contributed by atoms with Crippen LogP contribution in [-0.2, 0) is 13.0 Å². The lowest BCUT2D eigenvalue weighted by atomic mass is 9.81. The van der Waals surface area contributed by atoms with Crippen LogP contribution < -0.4 is 4.74 Å². The summed E-state index contributed by atoms with van der Waals surface area (Å²) in [5.74, 6) is -2.08. The third kappa shape index (κ3) is 6.85. The summed E-state index contributed by atoms with van der Waals surface area (Å²) in [6.07, 6.45) is 9.74. The minimum Gasteiger partial charge on any atom is -0.464 e. The highest BCUT2D eigenvalue weighted by molar-refractivity contribution is 7.13. The summed E-state index contributed by atoms with van der Waals surface area (Å²) in [4.78, 5) is 24.5. The molecule has 0 aromatic carbocycles. The Bertz CT molecular complexity index is 1020. The van der Waals surface area contributed by atoms with Crippen molar-refractivity contribution < 1.29 is 18.3 Å². The lowest BCUT2D eigenvalue weighted by Gasteiger charge is -2.30. The highest BCUT2D eigenvalue weighted by Crippen LogP contribution is 2.33. The van der Waals surface area contributed by atoms with Crippen LogP contribution in [0.4, 0.5) is 8.78 Å². The number of aryl methyl sites for hydroxylation is 1. The van der Waals surface area contributed by atoms with Gasteiger partial charge in [-0.05, 0) is 69.9 Å². The minimum atomic E-state index is -2.85. The van der Waals surface area contributed by atoms with Crippen LogP contribution in [-0.4, -0.2) is 57.8 Å². The Balaban J connectivity index is 1.18. The molecule has 0 saturated heterocycles. The van der Waals surface area contributed by atoms with E-state index in [0.29, 0.717) is 28.3 Å². The van der Waals surface area contributed by atoms with Gasteiger partial charge in [0.2, 0.25) is 0 Å². The molecule has 1 amide bonds. The van der Waals surface area contributed by atoms with E-state index in [2.05, 4.69) is 25.1 Å². The van der Waals surface area contributed by atoms with E-state index >= 15 is 0 Å². The Morgan fingerprint density at radius 2 is 2.15 bits per heavy atom. The van der Waals surface area contributed by atoms with Gasteiger partial charge in [-0.2, -0.15) is 10.2 Å². The number of hydrogen-bond donors (Lipinski definition) is 0. The predicted octanol–water partition coefficient (Wildman–Crippen LogP) is 4.74.